The lowest BCUT2D eigenvalue weighted by molar-refractivity contribution is -0.115. The van der Waals surface area contributed by atoms with E-state index in [1.54, 1.807) is 45.0 Å². The second kappa shape index (κ2) is 6.57. The van der Waals surface area contributed by atoms with Gasteiger partial charge in [0.05, 0.1) is 11.6 Å². The van der Waals surface area contributed by atoms with E-state index in [4.69, 9.17) is 10.00 Å². The summed E-state index contributed by atoms with van der Waals surface area (Å²) in [6, 6.07) is 8.48. The van der Waals surface area contributed by atoms with Crippen molar-refractivity contribution < 1.29 is 14.3 Å². The second-order valence-corrected chi connectivity index (χ2v) is 5.10. The third-order valence-electron chi connectivity index (χ3n) is 2.07. The maximum absolute atomic E-state index is 11.6. The number of nitrogens with zero attached hydrogens (tertiary/aromatic N) is 1. The Morgan fingerprint density at radius 2 is 2.05 bits per heavy atom. The quantitative estimate of drug-likeness (QED) is 0.882. The number of nitriles is 1. The highest BCUT2D eigenvalue weighted by Gasteiger charge is 2.16. The molecule has 0 unspecified atom stereocenters. The number of rotatable bonds is 3. The third-order valence-corrected chi connectivity index (χ3v) is 2.07. The SMILES string of the molecule is CC(C)(C)OC(=O)NCC(=O)Nc1cccc(C#N)c1. The second-order valence-electron chi connectivity index (χ2n) is 5.10. The molecule has 1 aromatic carbocycles. The average molecular weight is 275 g/mol. The number of alkyl carbamates (subject to hydrolysis) is 1. The molecule has 0 saturated carbocycles. The molecule has 0 saturated heterocycles. The highest BCUT2D eigenvalue weighted by Crippen LogP contribution is 2.09. The molecule has 0 radical (unpaired) electrons. The number of amides is 2. The molecule has 0 aromatic heterocycles. The van der Waals surface area contributed by atoms with Crippen molar-refractivity contribution in [2.24, 2.45) is 0 Å². The molecular formula is C14H17N3O3. The van der Waals surface area contributed by atoms with E-state index in [2.05, 4.69) is 10.6 Å². The van der Waals surface area contributed by atoms with Gasteiger partial charge in [-0.1, -0.05) is 6.07 Å². The van der Waals surface area contributed by atoms with Crippen LogP contribution in [0.3, 0.4) is 0 Å². The van der Waals surface area contributed by atoms with E-state index in [0.29, 0.717) is 11.3 Å². The Labute approximate surface area is 117 Å². The number of ether oxygens (including phenoxy) is 1. The van der Waals surface area contributed by atoms with Crippen LogP contribution in [0.1, 0.15) is 26.3 Å². The smallest absolute Gasteiger partial charge is 0.408 e. The molecule has 2 amide bonds. The van der Waals surface area contributed by atoms with Crippen LogP contribution >= 0.6 is 0 Å². The summed E-state index contributed by atoms with van der Waals surface area (Å²) in [5.74, 6) is -0.397. The molecule has 0 spiro atoms. The molecule has 2 N–H and O–H groups in total. The molecule has 0 heterocycles. The number of hydrogen-bond donors (Lipinski definition) is 2. The van der Waals surface area contributed by atoms with Crippen LogP contribution in [0.25, 0.3) is 0 Å². The van der Waals surface area contributed by atoms with Crippen molar-refractivity contribution in [2.45, 2.75) is 26.4 Å². The van der Waals surface area contributed by atoms with Gasteiger partial charge < -0.3 is 15.4 Å². The molecule has 6 nitrogen and oxygen atoms in total. The molecule has 1 rings (SSSR count). The van der Waals surface area contributed by atoms with Crippen LogP contribution in [-0.4, -0.2) is 24.1 Å². The fourth-order valence-electron chi connectivity index (χ4n) is 1.34. The maximum atomic E-state index is 11.6. The van der Waals surface area contributed by atoms with Crippen molar-refractivity contribution in [1.82, 2.24) is 5.32 Å². The van der Waals surface area contributed by atoms with Crippen LogP contribution < -0.4 is 10.6 Å². The summed E-state index contributed by atoms with van der Waals surface area (Å²) in [5, 5.41) is 13.7. The highest BCUT2D eigenvalue weighted by molar-refractivity contribution is 5.93. The lowest BCUT2D eigenvalue weighted by atomic mass is 10.2. The van der Waals surface area contributed by atoms with Crippen molar-refractivity contribution >= 4 is 17.7 Å². The van der Waals surface area contributed by atoms with E-state index in [0.717, 1.165) is 0 Å². The minimum atomic E-state index is -0.654. The van der Waals surface area contributed by atoms with Gasteiger partial charge in [0, 0.05) is 5.69 Å². The van der Waals surface area contributed by atoms with E-state index in [-0.39, 0.29) is 6.54 Å². The van der Waals surface area contributed by atoms with E-state index in [1.807, 2.05) is 6.07 Å². The van der Waals surface area contributed by atoms with Gasteiger partial charge in [0.25, 0.3) is 0 Å². The molecule has 6 heteroatoms. The van der Waals surface area contributed by atoms with Crippen LogP contribution in [0.15, 0.2) is 24.3 Å². The number of anilines is 1. The van der Waals surface area contributed by atoms with E-state index in [9.17, 15) is 9.59 Å². The lowest BCUT2D eigenvalue weighted by Crippen LogP contribution is -2.37. The standard InChI is InChI=1S/C14H17N3O3/c1-14(2,3)20-13(19)16-9-12(18)17-11-6-4-5-10(7-11)8-15/h4-7H,9H2,1-3H3,(H,16,19)(H,17,18). The predicted molar refractivity (Wildman–Crippen MR) is 74.0 cm³/mol. The summed E-state index contributed by atoms with van der Waals surface area (Å²) in [5.41, 5.74) is 0.338. The Morgan fingerprint density at radius 1 is 1.35 bits per heavy atom. The summed E-state index contributed by atoms with van der Waals surface area (Å²) in [7, 11) is 0. The molecule has 0 bridgehead atoms. The molecule has 0 aliphatic heterocycles. The van der Waals surface area contributed by atoms with Gasteiger partial charge in [-0.05, 0) is 39.0 Å². The Morgan fingerprint density at radius 3 is 2.65 bits per heavy atom. The van der Waals surface area contributed by atoms with Gasteiger partial charge in [0.15, 0.2) is 0 Å². The first-order chi connectivity index (χ1) is 9.30. The zero-order valence-electron chi connectivity index (χ0n) is 11.7. The van der Waals surface area contributed by atoms with E-state index < -0.39 is 17.6 Å². The lowest BCUT2D eigenvalue weighted by Gasteiger charge is -2.19. The maximum Gasteiger partial charge on any atom is 0.408 e. The van der Waals surface area contributed by atoms with Crippen LogP contribution in [0.2, 0.25) is 0 Å². The molecule has 0 atom stereocenters. The minimum absolute atomic E-state index is 0.203. The topological polar surface area (TPSA) is 91.2 Å². The highest BCUT2D eigenvalue weighted by atomic mass is 16.6. The van der Waals surface area contributed by atoms with Gasteiger partial charge >= 0.3 is 6.09 Å². The van der Waals surface area contributed by atoms with Crippen LogP contribution in [0.5, 0.6) is 0 Å². The fraction of sp³-hybridized carbons (Fsp3) is 0.357. The summed E-state index contributed by atoms with van der Waals surface area (Å²) < 4.78 is 5.00. The number of carbonyl (C=O) groups is 2. The van der Waals surface area contributed by atoms with Crippen molar-refractivity contribution in [2.75, 3.05) is 11.9 Å². The van der Waals surface area contributed by atoms with Gasteiger partial charge in [-0.2, -0.15) is 5.26 Å². The monoisotopic (exact) mass is 275 g/mol. The van der Waals surface area contributed by atoms with Gasteiger partial charge in [0.2, 0.25) is 5.91 Å². The molecule has 0 aliphatic carbocycles. The summed E-state index contributed by atoms with van der Waals surface area (Å²) in [4.78, 5) is 23.0. The molecule has 1 aromatic rings. The number of benzene rings is 1. The van der Waals surface area contributed by atoms with Gasteiger partial charge in [-0.25, -0.2) is 4.79 Å². The van der Waals surface area contributed by atoms with Crippen LogP contribution in [0, 0.1) is 11.3 Å². The van der Waals surface area contributed by atoms with E-state index in [1.165, 1.54) is 0 Å². The first-order valence-electron chi connectivity index (χ1n) is 6.07. The summed E-state index contributed by atoms with van der Waals surface area (Å²) in [6.07, 6.45) is -0.654. The largest absolute Gasteiger partial charge is 0.444 e. The van der Waals surface area contributed by atoms with Crippen molar-refractivity contribution in [3.05, 3.63) is 29.8 Å². The predicted octanol–water partition coefficient (Wildman–Crippen LogP) is 2.02. The number of carbonyl (C=O) groups excluding carboxylic acids is 2. The third kappa shape index (κ3) is 5.87. The summed E-state index contributed by atoms with van der Waals surface area (Å²) >= 11 is 0. The van der Waals surface area contributed by atoms with Gasteiger partial charge in [0.1, 0.15) is 12.1 Å². The Hall–Kier alpha value is -2.55. The Bertz CT molecular complexity index is 541. The van der Waals surface area contributed by atoms with Crippen LogP contribution in [-0.2, 0) is 9.53 Å². The molecule has 106 valence electrons. The summed E-state index contributed by atoms with van der Waals surface area (Å²) in [6.45, 7) is 5.01. The molecular weight excluding hydrogens is 258 g/mol. The van der Waals surface area contributed by atoms with Crippen molar-refractivity contribution in [3.8, 4) is 6.07 Å². The first kappa shape index (κ1) is 15.5. The number of nitrogens with one attached hydrogen (secondary N) is 2. The van der Waals surface area contributed by atoms with Gasteiger partial charge in [-0.15, -0.1) is 0 Å². The minimum Gasteiger partial charge on any atom is -0.444 e. The first-order valence-corrected chi connectivity index (χ1v) is 6.07. The molecule has 0 aliphatic rings. The normalized spacial score (nSPS) is 10.3. The zero-order chi connectivity index (χ0) is 15.2. The van der Waals surface area contributed by atoms with Gasteiger partial charge in [-0.3, -0.25) is 4.79 Å². The molecule has 20 heavy (non-hydrogen) atoms. The molecule has 0 fully saturated rings. The van der Waals surface area contributed by atoms with Crippen molar-refractivity contribution in [3.63, 3.8) is 0 Å². The number of hydrogen-bond acceptors (Lipinski definition) is 4. The van der Waals surface area contributed by atoms with E-state index >= 15 is 0 Å². The Kier molecular flexibility index (Phi) is 5.09. The zero-order valence-corrected chi connectivity index (χ0v) is 11.7. The fourth-order valence-corrected chi connectivity index (χ4v) is 1.34. The van der Waals surface area contributed by atoms with Crippen LogP contribution in [0.4, 0.5) is 10.5 Å². The average Bonchev–Trinajstić information content (AvgIpc) is 2.34. The Balaban J connectivity index is 2.44. The van der Waals surface area contributed by atoms with Crippen molar-refractivity contribution in [1.29, 1.82) is 5.26 Å².